The fraction of sp³-hybridized carbons (Fsp3) is 0.368. The summed E-state index contributed by atoms with van der Waals surface area (Å²) < 4.78 is 3.88. The van der Waals surface area contributed by atoms with E-state index < -0.39 is 23.3 Å². The number of aliphatic carboxylic acids is 1. The van der Waals surface area contributed by atoms with Crippen molar-refractivity contribution in [2.45, 2.75) is 32.5 Å². The van der Waals surface area contributed by atoms with Crippen molar-refractivity contribution in [3.63, 3.8) is 0 Å². The fourth-order valence-electron chi connectivity index (χ4n) is 3.73. The molecule has 2 aromatic heterocycles. The number of hydrogen-bond donors (Lipinski definition) is 3. The Hall–Kier alpha value is -3.40. The predicted octanol–water partition coefficient (Wildman–Crippen LogP) is -0.388. The van der Waals surface area contributed by atoms with Crippen molar-refractivity contribution in [3.05, 3.63) is 50.7 Å². The number of imidazole rings is 1. The normalized spacial score (nSPS) is 16.2. The Morgan fingerprint density at radius 1 is 1.28 bits per heavy atom. The van der Waals surface area contributed by atoms with Crippen LogP contribution >= 0.6 is 0 Å². The van der Waals surface area contributed by atoms with Crippen LogP contribution in [-0.2, 0) is 24.9 Å². The van der Waals surface area contributed by atoms with Crippen LogP contribution in [0.5, 0.6) is 0 Å². The van der Waals surface area contributed by atoms with Crippen LogP contribution < -0.4 is 20.7 Å². The van der Waals surface area contributed by atoms with Crippen LogP contribution in [0.15, 0.2) is 33.9 Å². The van der Waals surface area contributed by atoms with Gasteiger partial charge < -0.3 is 10.2 Å². The van der Waals surface area contributed by atoms with Gasteiger partial charge in [0.1, 0.15) is 24.9 Å². The molecule has 3 heterocycles. The first-order valence-electron chi connectivity index (χ1n) is 9.27. The van der Waals surface area contributed by atoms with Gasteiger partial charge in [-0.25, -0.2) is 19.2 Å². The van der Waals surface area contributed by atoms with Gasteiger partial charge in [-0.05, 0) is 19.1 Å². The molecule has 3 aromatic rings. The van der Waals surface area contributed by atoms with E-state index in [4.69, 9.17) is 5.11 Å². The Kier molecular flexibility index (Phi) is 4.50. The first-order chi connectivity index (χ1) is 13.8. The maximum Gasteiger partial charge on any atom is 0.364 e. The standard InChI is InChI=1S/C19H21N5O5/c1-11-3-5-12(6-4-11)23-9-13(25)10-24-15-16(20-18(23)24)21(2)19(29)22(17(15)28)8-7-14(26)27/h3-6,13,25H,7-10H2,1-2H3,(H,26,27)/p+1/t13-/m0/s1. The Balaban J connectivity index is 1.95. The van der Waals surface area contributed by atoms with Crippen LogP contribution in [0.4, 0.5) is 11.6 Å². The number of carboxylic acid groups (broad SMARTS) is 1. The summed E-state index contributed by atoms with van der Waals surface area (Å²) >= 11 is 0. The molecular weight excluding hydrogens is 378 g/mol. The molecule has 152 valence electrons. The van der Waals surface area contributed by atoms with Crippen molar-refractivity contribution < 1.29 is 19.6 Å². The molecule has 0 spiro atoms. The predicted molar refractivity (Wildman–Crippen MR) is 104 cm³/mol. The first kappa shape index (κ1) is 18.9. The lowest BCUT2D eigenvalue weighted by atomic mass is 10.2. The second-order valence-corrected chi connectivity index (χ2v) is 7.30. The number of aromatic nitrogens is 4. The number of benzene rings is 1. The average Bonchev–Trinajstić information content (AvgIpc) is 3.05. The Bertz CT molecular complexity index is 1220. The molecule has 4 rings (SSSR count). The molecule has 0 unspecified atom stereocenters. The van der Waals surface area contributed by atoms with Crippen LogP contribution in [0.25, 0.3) is 11.2 Å². The van der Waals surface area contributed by atoms with Crippen molar-refractivity contribution in [3.8, 4) is 0 Å². The number of fused-ring (bicyclic) bond motifs is 3. The minimum Gasteiger partial charge on any atom is -0.481 e. The van der Waals surface area contributed by atoms with E-state index in [1.54, 1.807) is 4.57 Å². The molecule has 0 aliphatic carbocycles. The number of anilines is 2. The Labute approximate surface area is 164 Å². The van der Waals surface area contributed by atoms with Crippen molar-refractivity contribution in [2.24, 2.45) is 7.05 Å². The van der Waals surface area contributed by atoms with E-state index in [-0.39, 0.29) is 25.0 Å². The molecule has 29 heavy (non-hydrogen) atoms. The molecule has 1 aromatic carbocycles. The van der Waals surface area contributed by atoms with E-state index in [2.05, 4.69) is 4.98 Å². The molecule has 3 N–H and O–H groups in total. The number of aliphatic hydroxyl groups excluding tert-OH is 1. The number of carbonyl (C=O) groups is 1. The van der Waals surface area contributed by atoms with Crippen LogP contribution in [-0.4, -0.2) is 42.9 Å². The number of β-amino-alcohol motifs (C(OH)–C–C–N with tert-alkyl or cyclic N) is 1. The molecule has 0 saturated heterocycles. The first-order valence-corrected chi connectivity index (χ1v) is 9.27. The highest BCUT2D eigenvalue weighted by Crippen LogP contribution is 2.26. The number of aliphatic hydroxyl groups is 1. The summed E-state index contributed by atoms with van der Waals surface area (Å²) in [5, 5.41) is 19.4. The van der Waals surface area contributed by atoms with Crippen molar-refractivity contribution in [2.75, 3.05) is 11.4 Å². The third-order valence-electron chi connectivity index (χ3n) is 5.22. The van der Waals surface area contributed by atoms with Gasteiger partial charge >= 0.3 is 17.6 Å². The van der Waals surface area contributed by atoms with Crippen molar-refractivity contribution >= 4 is 28.8 Å². The van der Waals surface area contributed by atoms with Gasteiger partial charge in [-0.15, -0.1) is 0 Å². The maximum atomic E-state index is 13.1. The Morgan fingerprint density at radius 2 is 1.97 bits per heavy atom. The van der Waals surface area contributed by atoms with Crippen LogP contribution in [0.3, 0.4) is 0 Å². The van der Waals surface area contributed by atoms with Gasteiger partial charge in [-0.2, -0.15) is 0 Å². The third-order valence-corrected chi connectivity index (χ3v) is 5.22. The zero-order valence-corrected chi connectivity index (χ0v) is 16.1. The van der Waals surface area contributed by atoms with Crippen molar-refractivity contribution in [1.82, 2.24) is 14.1 Å². The number of rotatable bonds is 4. The number of H-pyrrole nitrogens is 1. The van der Waals surface area contributed by atoms with Crippen LogP contribution in [0, 0.1) is 6.92 Å². The topological polar surface area (TPSA) is 124 Å². The zero-order chi connectivity index (χ0) is 20.9. The molecule has 0 fully saturated rings. The molecule has 0 amide bonds. The molecule has 0 saturated carbocycles. The lowest BCUT2D eigenvalue weighted by Gasteiger charge is -2.25. The second-order valence-electron chi connectivity index (χ2n) is 7.30. The summed E-state index contributed by atoms with van der Waals surface area (Å²) in [4.78, 5) is 41.6. The molecule has 1 aliphatic heterocycles. The van der Waals surface area contributed by atoms with Gasteiger partial charge in [0, 0.05) is 13.6 Å². The van der Waals surface area contributed by atoms with E-state index in [9.17, 15) is 19.5 Å². The van der Waals surface area contributed by atoms with Gasteiger partial charge in [-0.1, -0.05) is 17.7 Å². The summed E-state index contributed by atoms with van der Waals surface area (Å²) in [6, 6.07) is 7.76. The summed E-state index contributed by atoms with van der Waals surface area (Å²) in [5.41, 5.74) is 1.32. The maximum absolute atomic E-state index is 13.1. The fourth-order valence-corrected chi connectivity index (χ4v) is 3.73. The summed E-state index contributed by atoms with van der Waals surface area (Å²) in [7, 11) is 1.52. The molecule has 0 radical (unpaired) electrons. The van der Waals surface area contributed by atoms with Crippen LogP contribution in [0.2, 0.25) is 0 Å². The Morgan fingerprint density at radius 3 is 2.62 bits per heavy atom. The number of nitrogens with one attached hydrogen (secondary N) is 1. The van der Waals surface area contributed by atoms with E-state index in [0.717, 1.165) is 15.8 Å². The molecular formula is C19H22N5O5+. The van der Waals surface area contributed by atoms with Gasteiger partial charge in [0.15, 0.2) is 0 Å². The van der Waals surface area contributed by atoms with E-state index in [1.807, 2.05) is 36.1 Å². The van der Waals surface area contributed by atoms with Gasteiger partial charge in [0.25, 0.3) is 5.56 Å². The van der Waals surface area contributed by atoms with E-state index in [0.29, 0.717) is 18.1 Å². The van der Waals surface area contributed by atoms with Crippen molar-refractivity contribution in [1.29, 1.82) is 0 Å². The van der Waals surface area contributed by atoms with Crippen LogP contribution in [0.1, 0.15) is 12.0 Å². The number of aryl methyl sites for hydroxylation is 2. The second kappa shape index (κ2) is 6.89. The zero-order valence-electron chi connectivity index (χ0n) is 16.1. The highest BCUT2D eigenvalue weighted by Gasteiger charge is 2.36. The highest BCUT2D eigenvalue weighted by atomic mass is 16.4. The minimum atomic E-state index is -1.09. The molecule has 10 nitrogen and oxygen atoms in total. The monoisotopic (exact) mass is 400 g/mol. The number of hydrogen-bond acceptors (Lipinski definition) is 5. The molecule has 1 atom stereocenters. The van der Waals surface area contributed by atoms with Gasteiger partial charge in [-0.3, -0.25) is 18.7 Å². The molecule has 0 bridgehead atoms. The number of aromatic amines is 1. The average molecular weight is 400 g/mol. The van der Waals surface area contributed by atoms with Gasteiger partial charge in [0.2, 0.25) is 11.2 Å². The molecule has 1 aliphatic rings. The minimum absolute atomic E-state index is 0.185. The summed E-state index contributed by atoms with van der Waals surface area (Å²) in [6.07, 6.45) is -1.06. The SMILES string of the molecule is Cc1ccc(N2C[C@H](O)C[n+]3c2[nH]c2c3c(=O)n(CCC(=O)O)c(=O)n2C)cc1. The lowest BCUT2D eigenvalue weighted by molar-refractivity contribution is -0.670. The summed E-state index contributed by atoms with van der Waals surface area (Å²) in [6.45, 7) is 2.27. The number of nitrogens with zero attached hydrogens (tertiary/aromatic N) is 4. The van der Waals surface area contributed by atoms with E-state index >= 15 is 0 Å². The van der Waals surface area contributed by atoms with Gasteiger partial charge in [0.05, 0.1) is 6.42 Å². The number of carboxylic acids is 1. The smallest absolute Gasteiger partial charge is 0.364 e. The quantitative estimate of drug-likeness (QED) is 0.513. The lowest BCUT2D eigenvalue weighted by Crippen LogP contribution is -2.55. The largest absolute Gasteiger partial charge is 0.481 e. The highest BCUT2D eigenvalue weighted by molar-refractivity contribution is 5.70. The third kappa shape index (κ3) is 3.11. The molecule has 10 heteroatoms. The van der Waals surface area contributed by atoms with E-state index in [1.165, 1.54) is 11.6 Å². The summed E-state index contributed by atoms with van der Waals surface area (Å²) in [5.74, 6) is -0.513.